The number of nitrogens with two attached hydrogens (primary N) is 1. The number of hydrogen-bond acceptors (Lipinski definition) is 1. The van der Waals surface area contributed by atoms with E-state index in [1.54, 1.807) is 0 Å². The smallest absolute Gasteiger partial charge is 0.0417 e. The molecule has 0 unspecified atom stereocenters. The Morgan fingerprint density at radius 2 is 1.88 bits per heavy atom. The SMILES string of the molecule is C=C(/C=C\C)/C(N)=C(/C)c1ccc(=C)c(=C)c1. The second-order valence-electron chi connectivity index (χ2n) is 4.05. The highest BCUT2D eigenvalue weighted by Gasteiger charge is 2.02. The first kappa shape index (κ1) is 13.0. The number of allylic oxidation sites excluding steroid dienone is 3. The zero-order valence-corrected chi connectivity index (χ0v) is 10.6. The van der Waals surface area contributed by atoms with E-state index in [2.05, 4.69) is 19.7 Å². The van der Waals surface area contributed by atoms with Crippen molar-refractivity contribution in [1.29, 1.82) is 0 Å². The van der Waals surface area contributed by atoms with Crippen molar-refractivity contribution in [2.24, 2.45) is 5.73 Å². The van der Waals surface area contributed by atoms with Gasteiger partial charge in [0.25, 0.3) is 0 Å². The van der Waals surface area contributed by atoms with Crippen LogP contribution in [0.15, 0.2) is 48.2 Å². The molecule has 1 aromatic rings. The molecule has 0 aliphatic carbocycles. The van der Waals surface area contributed by atoms with Gasteiger partial charge in [-0.3, -0.25) is 0 Å². The Morgan fingerprint density at radius 3 is 2.41 bits per heavy atom. The molecule has 0 atom stereocenters. The highest BCUT2D eigenvalue weighted by molar-refractivity contribution is 5.71. The third-order valence-corrected chi connectivity index (χ3v) is 2.76. The van der Waals surface area contributed by atoms with E-state index in [-0.39, 0.29) is 0 Å². The van der Waals surface area contributed by atoms with Crippen LogP contribution in [-0.4, -0.2) is 0 Å². The van der Waals surface area contributed by atoms with Crippen LogP contribution in [0.3, 0.4) is 0 Å². The molecule has 88 valence electrons. The first-order valence-electron chi connectivity index (χ1n) is 5.54. The normalized spacial score (nSPS) is 12.6. The van der Waals surface area contributed by atoms with E-state index in [9.17, 15) is 0 Å². The molecule has 0 amide bonds. The van der Waals surface area contributed by atoms with Gasteiger partial charge in [-0.05, 0) is 47.1 Å². The van der Waals surface area contributed by atoms with Crippen LogP contribution in [0.1, 0.15) is 19.4 Å². The topological polar surface area (TPSA) is 26.0 Å². The van der Waals surface area contributed by atoms with Gasteiger partial charge in [0, 0.05) is 5.70 Å². The van der Waals surface area contributed by atoms with E-state index < -0.39 is 0 Å². The largest absolute Gasteiger partial charge is 0.398 e. The molecule has 0 saturated heterocycles. The molecule has 1 aromatic carbocycles. The summed E-state index contributed by atoms with van der Waals surface area (Å²) in [5.41, 5.74) is 9.67. The van der Waals surface area contributed by atoms with Gasteiger partial charge in [0.05, 0.1) is 0 Å². The summed E-state index contributed by atoms with van der Waals surface area (Å²) >= 11 is 0. The zero-order valence-electron chi connectivity index (χ0n) is 10.6. The molecule has 0 saturated carbocycles. The van der Waals surface area contributed by atoms with Gasteiger partial charge in [0.15, 0.2) is 0 Å². The predicted molar refractivity (Wildman–Crippen MR) is 77.5 cm³/mol. The Labute approximate surface area is 103 Å². The summed E-state index contributed by atoms with van der Waals surface area (Å²) in [6.45, 7) is 15.7. The highest BCUT2D eigenvalue weighted by atomic mass is 14.6. The van der Waals surface area contributed by atoms with Gasteiger partial charge in [-0.25, -0.2) is 0 Å². The van der Waals surface area contributed by atoms with Crippen molar-refractivity contribution in [2.75, 3.05) is 0 Å². The number of benzene rings is 1. The fourth-order valence-corrected chi connectivity index (χ4v) is 1.55. The molecular formula is C16H19N. The highest BCUT2D eigenvalue weighted by Crippen LogP contribution is 2.18. The van der Waals surface area contributed by atoms with Crippen LogP contribution < -0.4 is 16.2 Å². The molecule has 0 radical (unpaired) electrons. The van der Waals surface area contributed by atoms with E-state index in [4.69, 9.17) is 5.73 Å². The lowest BCUT2D eigenvalue weighted by Crippen LogP contribution is -2.21. The van der Waals surface area contributed by atoms with Gasteiger partial charge >= 0.3 is 0 Å². The maximum absolute atomic E-state index is 6.06. The van der Waals surface area contributed by atoms with Crippen LogP contribution in [-0.2, 0) is 0 Å². The molecule has 0 heterocycles. The van der Waals surface area contributed by atoms with Crippen LogP contribution >= 0.6 is 0 Å². The van der Waals surface area contributed by atoms with Crippen molar-refractivity contribution < 1.29 is 0 Å². The molecule has 2 N–H and O–H groups in total. The van der Waals surface area contributed by atoms with Crippen molar-refractivity contribution in [3.63, 3.8) is 0 Å². The lowest BCUT2D eigenvalue weighted by Gasteiger charge is -2.08. The minimum atomic E-state index is 0.708. The average molecular weight is 225 g/mol. The molecule has 0 aromatic heterocycles. The molecule has 0 aliphatic rings. The molecule has 0 fully saturated rings. The molecular weight excluding hydrogens is 206 g/mol. The van der Waals surface area contributed by atoms with E-state index in [0.29, 0.717) is 5.70 Å². The van der Waals surface area contributed by atoms with Gasteiger partial charge < -0.3 is 5.73 Å². The molecule has 0 aliphatic heterocycles. The zero-order chi connectivity index (χ0) is 13.0. The summed E-state index contributed by atoms with van der Waals surface area (Å²) in [4.78, 5) is 0. The fourth-order valence-electron chi connectivity index (χ4n) is 1.55. The van der Waals surface area contributed by atoms with Crippen molar-refractivity contribution in [1.82, 2.24) is 0 Å². The van der Waals surface area contributed by atoms with Gasteiger partial charge in [0.2, 0.25) is 0 Å². The van der Waals surface area contributed by atoms with Gasteiger partial charge in [-0.15, -0.1) is 0 Å². The Bertz CT molecular complexity index is 588. The van der Waals surface area contributed by atoms with Gasteiger partial charge in [-0.2, -0.15) is 0 Å². The third-order valence-electron chi connectivity index (χ3n) is 2.76. The summed E-state index contributed by atoms with van der Waals surface area (Å²) in [6, 6.07) is 5.95. The summed E-state index contributed by atoms with van der Waals surface area (Å²) in [7, 11) is 0. The standard InChI is InChI=1S/C16H19N/c1-6-7-12(3)16(17)14(5)15-9-8-11(2)13(4)10-15/h6-10H,2-4,17H2,1,5H3/b7-6-,16-14+. The quantitative estimate of drug-likeness (QED) is 0.785. The average Bonchev–Trinajstić information content (AvgIpc) is 2.31. The summed E-state index contributed by atoms with van der Waals surface area (Å²) in [6.07, 6.45) is 3.83. The van der Waals surface area contributed by atoms with Crippen LogP contribution in [0.5, 0.6) is 0 Å². The summed E-state index contributed by atoms with van der Waals surface area (Å²) in [5, 5.41) is 1.86. The molecule has 0 spiro atoms. The first-order valence-corrected chi connectivity index (χ1v) is 5.54. The molecule has 1 nitrogen and oxygen atoms in total. The van der Waals surface area contributed by atoms with Crippen molar-refractivity contribution in [3.8, 4) is 0 Å². The Hall–Kier alpha value is -2.02. The Kier molecular flexibility index (Phi) is 4.11. The van der Waals surface area contributed by atoms with Crippen molar-refractivity contribution in [3.05, 3.63) is 64.2 Å². The summed E-state index contributed by atoms with van der Waals surface area (Å²) in [5.74, 6) is 0. The van der Waals surface area contributed by atoms with Crippen molar-refractivity contribution in [2.45, 2.75) is 13.8 Å². The van der Waals surface area contributed by atoms with Crippen molar-refractivity contribution >= 4 is 18.7 Å². The number of rotatable bonds is 3. The van der Waals surface area contributed by atoms with E-state index in [1.807, 2.05) is 44.2 Å². The molecule has 1 rings (SSSR count). The van der Waals surface area contributed by atoms with Crippen LogP contribution in [0.4, 0.5) is 0 Å². The maximum atomic E-state index is 6.06. The third kappa shape index (κ3) is 2.97. The molecule has 17 heavy (non-hydrogen) atoms. The van der Waals surface area contributed by atoms with Gasteiger partial charge in [0.1, 0.15) is 0 Å². The maximum Gasteiger partial charge on any atom is 0.0417 e. The predicted octanol–water partition coefficient (Wildman–Crippen LogP) is 2.33. The fraction of sp³-hybridized carbons (Fsp3) is 0.125. The first-order chi connectivity index (χ1) is 7.97. The molecule has 1 heteroatoms. The van der Waals surface area contributed by atoms with E-state index in [1.165, 1.54) is 0 Å². The lowest BCUT2D eigenvalue weighted by molar-refractivity contribution is 1.33. The van der Waals surface area contributed by atoms with Crippen LogP contribution in [0.25, 0.3) is 18.7 Å². The second-order valence-corrected chi connectivity index (χ2v) is 4.05. The minimum Gasteiger partial charge on any atom is -0.398 e. The molecule has 0 bridgehead atoms. The Morgan fingerprint density at radius 1 is 1.24 bits per heavy atom. The van der Waals surface area contributed by atoms with E-state index in [0.717, 1.165) is 27.1 Å². The van der Waals surface area contributed by atoms with E-state index >= 15 is 0 Å². The number of hydrogen-bond donors (Lipinski definition) is 1. The van der Waals surface area contributed by atoms with Gasteiger partial charge in [-0.1, -0.05) is 44.0 Å². The minimum absolute atomic E-state index is 0.708. The second kappa shape index (κ2) is 5.35. The Balaban J connectivity index is 3.28. The van der Waals surface area contributed by atoms with Crippen LogP contribution in [0, 0.1) is 0 Å². The lowest BCUT2D eigenvalue weighted by atomic mass is 10.0. The monoisotopic (exact) mass is 225 g/mol. The van der Waals surface area contributed by atoms with Crippen LogP contribution in [0.2, 0.25) is 0 Å². The summed E-state index contributed by atoms with van der Waals surface area (Å²) < 4.78 is 0.